The quantitative estimate of drug-likeness (QED) is 0.860. The van der Waals surface area contributed by atoms with Gasteiger partial charge in [0, 0.05) is 5.69 Å². The number of ether oxygens (including phenoxy) is 1. The van der Waals surface area contributed by atoms with Crippen molar-refractivity contribution < 1.29 is 14.3 Å². The lowest BCUT2D eigenvalue weighted by molar-refractivity contribution is -0.118. The number of benzene rings is 2. The maximum atomic E-state index is 11.8. The number of anilines is 1. The molecule has 22 heavy (non-hydrogen) atoms. The molecule has 1 amide bonds. The first kappa shape index (κ1) is 15.3. The van der Waals surface area contributed by atoms with Crippen molar-refractivity contribution in [2.24, 2.45) is 0 Å². The van der Waals surface area contributed by atoms with Gasteiger partial charge in [-0.2, -0.15) is 5.26 Å². The van der Waals surface area contributed by atoms with Crippen LogP contribution in [0.25, 0.3) is 0 Å². The number of hydrogen-bond acceptors (Lipinski definition) is 4. The number of hydrogen-bond donors (Lipinski definition) is 1. The van der Waals surface area contributed by atoms with Gasteiger partial charge >= 0.3 is 0 Å². The molecule has 2 aromatic carbocycles. The molecule has 0 aliphatic carbocycles. The van der Waals surface area contributed by atoms with E-state index in [4.69, 9.17) is 10.00 Å². The Labute approximate surface area is 128 Å². The number of nitrogens with zero attached hydrogens (tertiary/aromatic N) is 1. The van der Waals surface area contributed by atoms with Crippen molar-refractivity contribution in [3.05, 3.63) is 59.7 Å². The Morgan fingerprint density at radius 3 is 2.45 bits per heavy atom. The number of carbonyl (C=O) groups excluding carboxylic acids is 2. The third-order valence-electron chi connectivity index (χ3n) is 2.92. The summed E-state index contributed by atoms with van der Waals surface area (Å²) in [4.78, 5) is 23.3. The lowest BCUT2D eigenvalue weighted by Gasteiger charge is -2.10. The summed E-state index contributed by atoms with van der Waals surface area (Å²) in [6, 6.07) is 15.3. The van der Waals surface area contributed by atoms with E-state index in [1.165, 1.54) is 6.92 Å². The number of amides is 1. The number of rotatable bonds is 5. The summed E-state index contributed by atoms with van der Waals surface area (Å²) >= 11 is 0. The van der Waals surface area contributed by atoms with Crippen LogP contribution in [0.15, 0.2) is 48.5 Å². The van der Waals surface area contributed by atoms with Crippen molar-refractivity contribution in [2.75, 3.05) is 11.9 Å². The smallest absolute Gasteiger partial charge is 0.262 e. The first-order valence-corrected chi connectivity index (χ1v) is 6.63. The molecule has 5 nitrogen and oxygen atoms in total. The number of Topliss-reactive ketones (excluding diaryl/α,β-unsaturated/α-hetero) is 1. The van der Waals surface area contributed by atoms with E-state index in [2.05, 4.69) is 5.32 Å². The molecule has 2 aromatic rings. The maximum absolute atomic E-state index is 11.8. The van der Waals surface area contributed by atoms with Gasteiger partial charge in [-0.3, -0.25) is 9.59 Å². The topological polar surface area (TPSA) is 79.2 Å². The first-order chi connectivity index (χ1) is 10.6. The van der Waals surface area contributed by atoms with Crippen LogP contribution < -0.4 is 10.1 Å². The van der Waals surface area contributed by atoms with Gasteiger partial charge in [0.1, 0.15) is 5.75 Å². The summed E-state index contributed by atoms with van der Waals surface area (Å²) in [7, 11) is 0. The van der Waals surface area contributed by atoms with Gasteiger partial charge in [0.05, 0.1) is 17.2 Å². The lowest BCUT2D eigenvalue weighted by atomic mass is 10.1. The van der Waals surface area contributed by atoms with Crippen molar-refractivity contribution in [2.45, 2.75) is 6.92 Å². The normalized spacial score (nSPS) is 9.64. The van der Waals surface area contributed by atoms with Gasteiger partial charge < -0.3 is 10.1 Å². The number of nitrogens with one attached hydrogen (secondary N) is 1. The average molecular weight is 294 g/mol. The van der Waals surface area contributed by atoms with Crippen LogP contribution in [-0.2, 0) is 4.79 Å². The number of para-hydroxylation sites is 1. The second kappa shape index (κ2) is 7.04. The van der Waals surface area contributed by atoms with E-state index in [1.807, 2.05) is 6.07 Å². The summed E-state index contributed by atoms with van der Waals surface area (Å²) in [6.07, 6.45) is 0. The Morgan fingerprint density at radius 2 is 1.82 bits per heavy atom. The van der Waals surface area contributed by atoms with Crippen LogP contribution in [0.2, 0.25) is 0 Å². The van der Waals surface area contributed by atoms with E-state index in [0.717, 1.165) is 0 Å². The molecule has 0 atom stereocenters. The van der Waals surface area contributed by atoms with Crippen molar-refractivity contribution in [1.29, 1.82) is 5.26 Å². The third kappa shape index (κ3) is 3.93. The van der Waals surface area contributed by atoms with Gasteiger partial charge in [0.15, 0.2) is 12.4 Å². The Hall–Kier alpha value is -3.13. The van der Waals surface area contributed by atoms with Gasteiger partial charge in [-0.05, 0) is 43.3 Å². The molecule has 0 aliphatic heterocycles. The largest absolute Gasteiger partial charge is 0.483 e. The van der Waals surface area contributed by atoms with Crippen molar-refractivity contribution >= 4 is 17.4 Å². The Morgan fingerprint density at radius 1 is 1.14 bits per heavy atom. The molecular weight excluding hydrogens is 280 g/mol. The fourth-order valence-electron chi connectivity index (χ4n) is 1.85. The van der Waals surface area contributed by atoms with Crippen LogP contribution in [0.5, 0.6) is 5.75 Å². The highest BCUT2D eigenvalue weighted by atomic mass is 16.5. The molecule has 0 saturated heterocycles. The van der Waals surface area contributed by atoms with E-state index in [9.17, 15) is 9.59 Å². The molecule has 2 rings (SSSR count). The molecular formula is C17H14N2O3. The van der Waals surface area contributed by atoms with Crippen molar-refractivity contribution in [3.63, 3.8) is 0 Å². The first-order valence-electron chi connectivity index (χ1n) is 6.63. The van der Waals surface area contributed by atoms with E-state index in [-0.39, 0.29) is 18.3 Å². The SMILES string of the molecule is CC(=O)c1ccccc1OCC(=O)Nc1ccc(C#N)cc1. The zero-order valence-corrected chi connectivity index (χ0v) is 12.0. The highest BCUT2D eigenvalue weighted by molar-refractivity contribution is 5.97. The van der Waals surface area contributed by atoms with Crippen LogP contribution in [0.3, 0.4) is 0 Å². The summed E-state index contributed by atoms with van der Waals surface area (Å²) in [5, 5.41) is 11.4. The van der Waals surface area contributed by atoms with Crippen LogP contribution in [0.1, 0.15) is 22.8 Å². The van der Waals surface area contributed by atoms with E-state index in [1.54, 1.807) is 48.5 Å². The highest BCUT2D eigenvalue weighted by Gasteiger charge is 2.09. The molecule has 110 valence electrons. The highest BCUT2D eigenvalue weighted by Crippen LogP contribution is 2.18. The van der Waals surface area contributed by atoms with Crippen LogP contribution in [-0.4, -0.2) is 18.3 Å². The van der Waals surface area contributed by atoms with Crippen LogP contribution >= 0.6 is 0 Å². The second-order valence-electron chi connectivity index (χ2n) is 4.58. The van der Waals surface area contributed by atoms with Gasteiger partial charge in [-0.15, -0.1) is 0 Å². The van der Waals surface area contributed by atoms with Gasteiger partial charge in [-0.1, -0.05) is 12.1 Å². The summed E-state index contributed by atoms with van der Waals surface area (Å²) in [5.41, 5.74) is 1.53. The fourth-order valence-corrected chi connectivity index (χ4v) is 1.85. The monoisotopic (exact) mass is 294 g/mol. The van der Waals surface area contributed by atoms with Gasteiger partial charge in [-0.25, -0.2) is 0 Å². The third-order valence-corrected chi connectivity index (χ3v) is 2.92. The summed E-state index contributed by atoms with van der Waals surface area (Å²) in [5.74, 6) is -0.0869. The minimum absolute atomic E-state index is 0.122. The molecule has 0 fully saturated rings. The second-order valence-corrected chi connectivity index (χ2v) is 4.58. The Bertz CT molecular complexity index is 730. The zero-order valence-electron chi connectivity index (χ0n) is 12.0. The molecule has 0 aromatic heterocycles. The lowest BCUT2D eigenvalue weighted by Crippen LogP contribution is -2.20. The summed E-state index contributed by atoms with van der Waals surface area (Å²) in [6.45, 7) is 1.24. The molecule has 1 N–H and O–H groups in total. The standard InChI is InChI=1S/C17H14N2O3/c1-12(20)15-4-2-3-5-16(15)22-11-17(21)19-14-8-6-13(10-18)7-9-14/h2-9H,11H2,1H3,(H,19,21). The Kier molecular flexibility index (Phi) is 4.89. The van der Waals surface area contributed by atoms with Crippen LogP contribution in [0.4, 0.5) is 5.69 Å². The molecule has 0 radical (unpaired) electrons. The van der Waals surface area contributed by atoms with E-state index >= 15 is 0 Å². The van der Waals surface area contributed by atoms with Crippen molar-refractivity contribution in [3.8, 4) is 11.8 Å². The predicted molar refractivity (Wildman–Crippen MR) is 81.7 cm³/mol. The van der Waals surface area contributed by atoms with Gasteiger partial charge in [0.2, 0.25) is 0 Å². The van der Waals surface area contributed by atoms with Crippen molar-refractivity contribution in [1.82, 2.24) is 0 Å². The number of carbonyl (C=O) groups is 2. The molecule has 0 unspecified atom stereocenters. The predicted octanol–water partition coefficient (Wildman–Crippen LogP) is 2.78. The molecule has 0 saturated carbocycles. The molecule has 0 heterocycles. The molecule has 0 spiro atoms. The van der Waals surface area contributed by atoms with Gasteiger partial charge in [0.25, 0.3) is 5.91 Å². The minimum atomic E-state index is -0.344. The maximum Gasteiger partial charge on any atom is 0.262 e. The summed E-state index contributed by atoms with van der Waals surface area (Å²) < 4.78 is 5.39. The molecule has 0 aliphatic rings. The van der Waals surface area contributed by atoms with E-state index in [0.29, 0.717) is 22.6 Å². The number of ketones is 1. The van der Waals surface area contributed by atoms with Crippen LogP contribution in [0, 0.1) is 11.3 Å². The molecule has 0 bridgehead atoms. The average Bonchev–Trinajstić information content (AvgIpc) is 2.54. The van der Waals surface area contributed by atoms with E-state index < -0.39 is 0 Å². The Balaban J connectivity index is 1.95. The zero-order chi connectivity index (χ0) is 15.9. The number of nitriles is 1. The minimum Gasteiger partial charge on any atom is -0.483 e. The molecule has 5 heteroatoms. The fraction of sp³-hybridized carbons (Fsp3) is 0.118.